The van der Waals surface area contributed by atoms with Crippen molar-refractivity contribution in [1.29, 1.82) is 0 Å². The molecule has 0 bridgehead atoms. The standard InChI is InChI=1S/C18H16Cl2N2O3/c1-2-3-12-10-21(9-11-4-5-13(19)14(20)8-11)18(25)16-17(24)15(23)6-7-22(12)16/h4-8,10,24H,2-3,9H2,1H3. The van der Waals surface area contributed by atoms with E-state index in [4.69, 9.17) is 23.2 Å². The first-order valence-electron chi connectivity index (χ1n) is 7.83. The summed E-state index contributed by atoms with van der Waals surface area (Å²) in [6.07, 6.45) is 4.81. The van der Waals surface area contributed by atoms with Crippen molar-refractivity contribution in [2.24, 2.45) is 0 Å². The molecule has 0 fully saturated rings. The Morgan fingerprint density at radius 2 is 1.88 bits per heavy atom. The normalized spacial score (nSPS) is 11.2. The Bertz CT molecular complexity index is 1070. The highest BCUT2D eigenvalue weighted by Crippen LogP contribution is 2.23. The van der Waals surface area contributed by atoms with Crippen LogP contribution >= 0.6 is 23.2 Å². The number of aromatic nitrogens is 2. The monoisotopic (exact) mass is 378 g/mol. The molecular weight excluding hydrogens is 363 g/mol. The summed E-state index contributed by atoms with van der Waals surface area (Å²) in [4.78, 5) is 24.6. The zero-order chi connectivity index (χ0) is 18.1. The van der Waals surface area contributed by atoms with Gasteiger partial charge in [-0.15, -0.1) is 0 Å². The highest BCUT2D eigenvalue weighted by molar-refractivity contribution is 6.42. The quantitative estimate of drug-likeness (QED) is 0.755. The third-order valence-electron chi connectivity index (χ3n) is 3.99. The summed E-state index contributed by atoms with van der Waals surface area (Å²) in [5, 5.41) is 11.0. The van der Waals surface area contributed by atoms with Crippen LogP contribution in [0, 0.1) is 0 Å². The van der Waals surface area contributed by atoms with Gasteiger partial charge in [0.05, 0.1) is 16.6 Å². The maximum Gasteiger partial charge on any atom is 0.279 e. The Morgan fingerprint density at radius 1 is 1.12 bits per heavy atom. The smallest absolute Gasteiger partial charge is 0.279 e. The second kappa shape index (κ2) is 6.94. The van der Waals surface area contributed by atoms with Crippen LogP contribution in [-0.2, 0) is 13.0 Å². The van der Waals surface area contributed by atoms with Crippen LogP contribution in [0.1, 0.15) is 24.6 Å². The number of halogens is 2. The van der Waals surface area contributed by atoms with Crippen LogP contribution in [0.25, 0.3) is 5.52 Å². The minimum atomic E-state index is -0.577. The first-order chi connectivity index (χ1) is 11.9. The molecule has 3 aromatic rings. The van der Waals surface area contributed by atoms with Crippen LogP contribution in [0.5, 0.6) is 5.75 Å². The molecule has 0 saturated carbocycles. The summed E-state index contributed by atoms with van der Waals surface area (Å²) in [5.41, 5.74) is 0.583. The number of hydrogen-bond acceptors (Lipinski definition) is 3. The molecule has 2 heterocycles. The van der Waals surface area contributed by atoms with E-state index in [1.165, 1.54) is 16.8 Å². The van der Waals surface area contributed by atoms with E-state index in [0.29, 0.717) is 16.5 Å². The van der Waals surface area contributed by atoms with Crippen LogP contribution in [0.4, 0.5) is 0 Å². The largest absolute Gasteiger partial charge is 0.503 e. The molecule has 0 aliphatic rings. The van der Waals surface area contributed by atoms with Crippen molar-refractivity contribution in [2.75, 3.05) is 0 Å². The van der Waals surface area contributed by atoms with Crippen LogP contribution in [0.15, 0.2) is 46.2 Å². The van der Waals surface area contributed by atoms with E-state index in [-0.39, 0.29) is 12.1 Å². The third-order valence-corrected chi connectivity index (χ3v) is 4.73. The number of nitrogens with zero attached hydrogens (tertiary/aromatic N) is 2. The van der Waals surface area contributed by atoms with Gasteiger partial charge in [0.1, 0.15) is 0 Å². The molecule has 0 amide bonds. The lowest BCUT2D eigenvalue weighted by atomic mass is 10.2. The molecule has 0 unspecified atom stereocenters. The van der Waals surface area contributed by atoms with Gasteiger partial charge in [0.25, 0.3) is 5.56 Å². The zero-order valence-corrected chi connectivity index (χ0v) is 15.0. The molecule has 1 aromatic carbocycles. The van der Waals surface area contributed by atoms with E-state index in [1.807, 2.05) is 6.92 Å². The van der Waals surface area contributed by atoms with Crippen LogP contribution < -0.4 is 11.0 Å². The second-order valence-corrected chi connectivity index (χ2v) is 6.61. The van der Waals surface area contributed by atoms with Gasteiger partial charge < -0.3 is 14.1 Å². The van der Waals surface area contributed by atoms with Gasteiger partial charge in [-0.25, -0.2) is 0 Å². The Hall–Kier alpha value is -2.24. The lowest BCUT2D eigenvalue weighted by Gasteiger charge is -2.14. The molecule has 0 aliphatic carbocycles. The Morgan fingerprint density at radius 3 is 2.56 bits per heavy atom. The molecule has 0 radical (unpaired) electrons. The van der Waals surface area contributed by atoms with Gasteiger partial charge in [-0.1, -0.05) is 42.6 Å². The van der Waals surface area contributed by atoms with Gasteiger partial charge in [0.15, 0.2) is 11.3 Å². The molecule has 0 spiro atoms. The Kier molecular flexibility index (Phi) is 4.88. The molecule has 2 aromatic heterocycles. The number of benzene rings is 1. The van der Waals surface area contributed by atoms with Crippen LogP contribution in [0.3, 0.4) is 0 Å². The Labute approximate surface area is 153 Å². The SMILES string of the molecule is CCCc1cn(Cc2ccc(Cl)c(Cl)c2)c(=O)c2c(O)c(=O)ccn12. The predicted octanol–water partition coefficient (Wildman–Crippen LogP) is 3.47. The first-order valence-corrected chi connectivity index (χ1v) is 8.58. The summed E-state index contributed by atoms with van der Waals surface area (Å²) in [7, 11) is 0. The molecule has 7 heteroatoms. The lowest BCUT2D eigenvalue weighted by Crippen LogP contribution is -2.26. The molecule has 0 saturated heterocycles. The Balaban J connectivity index is 2.22. The average Bonchev–Trinajstić information content (AvgIpc) is 2.58. The lowest BCUT2D eigenvalue weighted by molar-refractivity contribution is 0.471. The maximum atomic E-state index is 12.8. The van der Waals surface area contributed by atoms with E-state index >= 15 is 0 Å². The van der Waals surface area contributed by atoms with Gasteiger partial charge in [0.2, 0.25) is 5.43 Å². The fourth-order valence-electron chi connectivity index (χ4n) is 2.80. The van der Waals surface area contributed by atoms with Crippen molar-refractivity contribution in [2.45, 2.75) is 26.3 Å². The van der Waals surface area contributed by atoms with Crippen molar-refractivity contribution in [3.05, 3.63) is 78.5 Å². The van der Waals surface area contributed by atoms with Crippen molar-refractivity contribution in [3.8, 4) is 5.75 Å². The molecule has 3 rings (SSSR count). The number of aryl methyl sites for hydroxylation is 1. The maximum absolute atomic E-state index is 12.8. The molecule has 0 aliphatic heterocycles. The number of rotatable bonds is 4. The molecule has 0 atom stereocenters. The van der Waals surface area contributed by atoms with Crippen molar-refractivity contribution in [3.63, 3.8) is 0 Å². The second-order valence-electron chi connectivity index (χ2n) is 5.80. The first kappa shape index (κ1) is 17.6. The van der Waals surface area contributed by atoms with E-state index in [2.05, 4.69) is 0 Å². The fourth-order valence-corrected chi connectivity index (χ4v) is 3.12. The van der Waals surface area contributed by atoms with E-state index in [9.17, 15) is 14.7 Å². The van der Waals surface area contributed by atoms with Crippen molar-refractivity contribution < 1.29 is 5.11 Å². The van der Waals surface area contributed by atoms with Gasteiger partial charge >= 0.3 is 0 Å². The molecular formula is C18H16Cl2N2O3. The summed E-state index contributed by atoms with van der Waals surface area (Å²) >= 11 is 12.0. The van der Waals surface area contributed by atoms with Crippen molar-refractivity contribution in [1.82, 2.24) is 8.97 Å². The highest BCUT2D eigenvalue weighted by Gasteiger charge is 2.14. The third kappa shape index (κ3) is 3.30. The number of hydrogen-bond donors (Lipinski definition) is 1. The van der Waals surface area contributed by atoms with Crippen LogP contribution in [0.2, 0.25) is 10.0 Å². The predicted molar refractivity (Wildman–Crippen MR) is 99.2 cm³/mol. The molecule has 1 N–H and O–H groups in total. The highest BCUT2D eigenvalue weighted by atomic mass is 35.5. The van der Waals surface area contributed by atoms with Gasteiger partial charge in [0, 0.05) is 24.2 Å². The minimum absolute atomic E-state index is 0.0153. The number of aromatic hydroxyl groups is 1. The van der Waals surface area contributed by atoms with Gasteiger partial charge in [-0.3, -0.25) is 9.59 Å². The molecule has 130 valence electrons. The number of fused-ring (bicyclic) bond motifs is 1. The average molecular weight is 379 g/mol. The van der Waals surface area contributed by atoms with Gasteiger partial charge in [-0.2, -0.15) is 0 Å². The van der Waals surface area contributed by atoms with Crippen LogP contribution in [-0.4, -0.2) is 14.1 Å². The number of pyridine rings is 1. The summed E-state index contributed by atoms with van der Waals surface area (Å²) in [6, 6.07) is 6.39. The van der Waals surface area contributed by atoms with E-state index in [1.54, 1.807) is 28.8 Å². The van der Waals surface area contributed by atoms with Gasteiger partial charge in [-0.05, 0) is 24.1 Å². The fraction of sp³-hybridized carbons (Fsp3) is 0.222. The summed E-state index contributed by atoms with van der Waals surface area (Å²) in [5.74, 6) is -0.534. The summed E-state index contributed by atoms with van der Waals surface area (Å²) in [6.45, 7) is 2.27. The summed E-state index contributed by atoms with van der Waals surface area (Å²) < 4.78 is 3.05. The zero-order valence-electron chi connectivity index (χ0n) is 13.5. The topological polar surface area (TPSA) is 63.7 Å². The molecule has 5 nitrogen and oxygen atoms in total. The molecule has 25 heavy (non-hydrogen) atoms. The van der Waals surface area contributed by atoms with E-state index in [0.717, 1.165) is 17.7 Å². The van der Waals surface area contributed by atoms with Crippen molar-refractivity contribution >= 4 is 28.7 Å². The van der Waals surface area contributed by atoms with E-state index < -0.39 is 16.7 Å². The minimum Gasteiger partial charge on any atom is -0.503 e.